The first-order valence-electron chi connectivity index (χ1n) is 19.7. The number of ether oxygens (including phenoxy) is 5. The summed E-state index contributed by atoms with van der Waals surface area (Å²) < 4.78 is 32.3. The predicted octanol–water partition coefficient (Wildman–Crippen LogP) is 6.00. The minimum absolute atomic E-state index is 0.0918. The van der Waals surface area contributed by atoms with Gasteiger partial charge in [-0.25, -0.2) is 9.59 Å². The van der Waals surface area contributed by atoms with Gasteiger partial charge in [0.1, 0.15) is 18.8 Å². The van der Waals surface area contributed by atoms with Crippen molar-refractivity contribution in [1.29, 1.82) is 0 Å². The summed E-state index contributed by atoms with van der Waals surface area (Å²) in [5, 5.41) is 13.9. The third kappa shape index (κ3) is 8.35. The monoisotopic (exact) mass is 757 g/mol. The molecule has 0 saturated carbocycles. The van der Waals surface area contributed by atoms with E-state index in [0.29, 0.717) is 31.5 Å². The molecule has 1 unspecified atom stereocenters. The summed E-state index contributed by atoms with van der Waals surface area (Å²) >= 11 is 0. The lowest BCUT2D eigenvalue weighted by atomic mass is 9.74. The molecule has 0 radical (unpaired) electrons. The maximum Gasteiger partial charge on any atom is 0.410 e. The lowest BCUT2D eigenvalue weighted by molar-refractivity contribution is -0.295. The number of likely N-dealkylation sites (N-methyl/N-ethyl adjacent to an activating group) is 1. The van der Waals surface area contributed by atoms with Crippen LogP contribution in [-0.2, 0) is 28.5 Å². The molecule has 2 aromatic rings. The molecule has 4 heterocycles. The molecular weight excluding hydrogens is 698 g/mol. The molecular formula is C44H59N3O8. The van der Waals surface area contributed by atoms with Gasteiger partial charge >= 0.3 is 12.1 Å². The van der Waals surface area contributed by atoms with Gasteiger partial charge in [-0.2, -0.15) is 0 Å². The number of esters is 1. The van der Waals surface area contributed by atoms with Crippen LogP contribution in [0.25, 0.3) is 10.8 Å². The van der Waals surface area contributed by atoms with Gasteiger partial charge in [0.25, 0.3) is 0 Å². The van der Waals surface area contributed by atoms with Crippen LogP contribution in [0.5, 0.6) is 0 Å². The van der Waals surface area contributed by atoms with Crippen molar-refractivity contribution in [3.05, 3.63) is 59.7 Å². The summed E-state index contributed by atoms with van der Waals surface area (Å²) in [6.07, 6.45) is -1.01. The van der Waals surface area contributed by atoms with Crippen molar-refractivity contribution in [1.82, 2.24) is 9.80 Å². The largest absolute Gasteiger partial charge is 0.455 e. The van der Waals surface area contributed by atoms with E-state index < -0.39 is 59.8 Å². The lowest BCUT2D eigenvalue weighted by Gasteiger charge is -2.47. The van der Waals surface area contributed by atoms with Gasteiger partial charge in [0.15, 0.2) is 11.9 Å². The van der Waals surface area contributed by atoms with Gasteiger partial charge in [-0.15, -0.1) is 0 Å². The standard InChI is InChI=1S/C44H59N3O8/c1-26-22-27(2)40(49)53-31(6)44(8)38-30(5)36(45-19-20-47(38)42(50)55-44)28(3)25-43(7,39(26)54-41-37(48)35(46(9)10)23-29(4)52-41)51-21-13-14-32-17-18-33-15-11-12-16-34(33)24-32/h11-12,15-18,22,24,26,28-31,35,37-39,41,48H,19-21,23,25H2,1-10H3/b27-22+/t26-,28+,29-,30-,31+,35+,37?,38+,39+,41+,43-,44+/m0/s1. The van der Waals surface area contributed by atoms with E-state index in [9.17, 15) is 14.7 Å². The minimum Gasteiger partial charge on any atom is -0.455 e. The molecule has 2 saturated heterocycles. The summed E-state index contributed by atoms with van der Waals surface area (Å²) in [7, 11) is 3.89. The van der Waals surface area contributed by atoms with Crippen LogP contribution < -0.4 is 0 Å². The summed E-state index contributed by atoms with van der Waals surface area (Å²) in [4.78, 5) is 36.0. The average molecular weight is 758 g/mol. The highest BCUT2D eigenvalue weighted by atomic mass is 16.7. The van der Waals surface area contributed by atoms with Crippen LogP contribution in [0, 0.1) is 29.6 Å². The first kappa shape index (κ1) is 40.9. The predicted molar refractivity (Wildman–Crippen MR) is 212 cm³/mol. The number of benzene rings is 2. The topological polar surface area (TPSA) is 119 Å². The van der Waals surface area contributed by atoms with E-state index in [1.54, 1.807) is 18.7 Å². The number of nitrogens with zero attached hydrogens (tertiary/aromatic N) is 3. The van der Waals surface area contributed by atoms with E-state index >= 15 is 0 Å². The number of rotatable bonds is 5. The third-order valence-electron chi connectivity index (χ3n) is 12.3. The molecule has 0 aromatic heterocycles. The number of amides is 1. The van der Waals surface area contributed by atoms with Gasteiger partial charge in [0.2, 0.25) is 0 Å². The number of hydrogen-bond acceptors (Lipinski definition) is 10. The Balaban J connectivity index is 1.41. The van der Waals surface area contributed by atoms with Gasteiger partial charge < -0.3 is 33.7 Å². The van der Waals surface area contributed by atoms with Crippen LogP contribution >= 0.6 is 0 Å². The van der Waals surface area contributed by atoms with Crippen LogP contribution in [0.4, 0.5) is 4.79 Å². The Morgan fingerprint density at radius 3 is 2.51 bits per heavy atom. The SMILES string of the molecule is C/C1=C\[C@H](C)[C@@H](O[C@H]2O[C@@H](C)C[C@@H](N(C)C)C2O)[C@@](C)(OCC#Cc2ccc3ccccc3c2)C[C@@H](C)C2=NCCN3C(=O)O[C@](C)([C@@H](C)OC1=O)[C@H]3[C@H]2C. The van der Waals surface area contributed by atoms with Gasteiger partial charge in [-0.1, -0.05) is 69.0 Å². The zero-order chi connectivity index (χ0) is 39.8. The van der Waals surface area contributed by atoms with Crippen LogP contribution in [0.15, 0.2) is 59.1 Å². The summed E-state index contributed by atoms with van der Waals surface area (Å²) in [5.41, 5.74) is 0.0427. The van der Waals surface area contributed by atoms with Crippen molar-refractivity contribution in [2.45, 2.75) is 122 Å². The Bertz CT molecular complexity index is 1870. The summed E-state index contributed by atoms with van der Waals surface area (Å²) in [5.74, 6) is 5.24. The second kappa shape index (κ2) is 16.4. The zero-order valence-corrected chi connectivity index (χ0v) is 34.1. The number of carbonyl (C=O) groups excluding carboxylic acids is 2. The molecule has 2 aromatic carbocycles. The van der Waals surface area contributed by atoms with E-state index in [2.05, 4.69) is 50.0 Å². The molecule has 4 aliphatic heterocycles. The summed E-state index contributed by atoms with van der Waals surface area (Å²) in [6, 6.07) is 13.7. The molecule has 1 amide bonds. The summed E-state index contributed by atoms with van der Waals surface area (Å²) in [6.45, 7) is 16.4. The Morgan fingerprint density at radius 1 is 1.05 bits per heavy atom. The van der Waals surface area contributed by atoms with Gasteiger partial charge in [0, 0.05) is 41.3 Å². The van der Waals surface area contributed by atoms with Crippen molar-refractivity contribution >= 4 is 28.5 Å². The smallest absolute Gasteiger partial charge is 0.410 e. The fraction of sp³-hybridized carbons (Fsp3) is 0.614. The molecule has 2 bridgehead atoms. The van der Waals surface area contributed by atoms with E-state index in [0.717, 1.165) is 22.0 Å². The maximum atomic E-state index is 13.8. The Hall–Kier alpha value is -3.79. The van der Waals surface area contributed by atoms with Crippen molar-refractivity contribution in [3.63, 3.8) is 0 Å². The van der Waals surface area contributed by atoms with Crippen LogP contribution in [0.2, 0.25) is 0 Å². The second-order valence-corrected chi connectivity index (χ2v) is 16.7. The normalized spacial score (nSPS) is 38.1. The molecule has 55 heavy (non-hydrogen) atoms. The Kier molecular flexibility index (Phi) is 12.2. The highest BCUT2D eigenvalue weighted by Crippen LogP contribution is 2.43. The number of hydrogen-bond donors (Lipinski definition) is 1. The zero-order valence-electron chi connectivity index (χ0n) is 34.1. The number of fused-ring (bicyclic) bond motifs is 2. The molecule has 11 nitrogen and oxygen atoms in total. The number of aliphatic hydroxyl groups excluding tert-OH is 1. The van der Waals surface area contributed by atoms with Gasteiger partial charge in [0.05, 0.1) is 30.4 Å². The lowest BCUT2D eigenvalue weighted by Crippen LogP contribution is -2.59. The van der Waals surface area contributed by atoms with E-state index in [1.165, 1.54) is 0 Å². The van der Waals surface area contributed by atoms with Crippen LogP contribution in [-0.4, -0.2) is 120 Å². The molecule has 0 aliphatic carbocycles. The molecule has 6 rings (SSSR count). The first-order valence-corrected chi connectivity index (χ1v) is 19.7. The molecule has 4 aliphatic rings. The van der Waals surface area contributed by atoms with Crippen LogP contribution in [0.1, 0.15) is 73.8 Å². The number of aliphatic imine (C=N–C) groups is 1. The quantitative estimate of drug-likeness (QED) is 0.290. The molecule has 0 spiro atoms. The second-order valence-electron chi connectivity index (χ2n) is 16.7. The van der Waals surface area contributed by atoms with Gasteiger partial charge in [-0.05, 0) is 90.4 Å². The van der Waals surface area contributed by atoms with Crippen molar-refractivity contribution < 1.29 is 38.4 Å². The Labute approximate surface area is 326 Å². The van der Waals surface area contributed by atoms with Crippen molar-refractivity contribution in [2.75, 3.05) is 33.8 Å². The Morgan fingerprint density at radius 2 is 1.78 bits per heavy atom. The minimum atomic E-state index is -1.11. The third-order valence-corrected chi connectivity index (χ3v) is 12.3. The molecule has 2 fully saturated rings. The number of aliphatic hydroxyl groups is 1. The number of cyclic esters (lactones) is 1. The highest BCUT2D eigenvalue weighted by molar-refractivity contribution is 5.91. The van der Waals surface area contributed by atoms with Crippen LogP contribution in [0.3, 0.4) is 0 Å². The first-order chi connectivity index (χ1) is 26.0. The molecule has 11 heteroatoms. The number of carbonyl (C=O) groups is 2. The van der Waals surface area contributed by atoms with Crippen molar-refractivity contribution in [3.8, 4) is 11.8 Å². The van der Waals surface area contributed by atoms with E-state index in [1.807, 2.05) is 71.0 Å². The van der Waals surface area contributed by atoms with Crippen molar-refractivity contribution in [2.24, 2.45) is 22.7 Å². The highest BCUT2D eigenvalue weighted by Gasteiger charge is 2.59. The average Bonchev–Trinajstić information content (AvgIpc) is 3.26. The van der Waals surface area contributed by atoms with E-state index in [-0.39, 0.29) is 30.6 Å². The molecule has 298 valence electrons. The fourth-order valence-corrected chi connectivity index (χ4v) is 9.37. The molecule has 1 N–H and O–H groups in total. The maximum absolute atomic E-state index is 13.8. The van der Waals surface area contributed by atoms with E-state index in [4.69, 9.17) is 28.7 Å². The van der Waals surface area contributed by atoms with Gasteiger partial charge in [-0.3, -0.25) is 9.89 Å². The fourth-order valence-electron chi connectivity index (χ4n) is 9.37. The molecule has 12 atom stereocenters.